The monoisotopic (exact) mass is 378 g/mol. The Hall–Kier alpha value is -2.29. The number of nitrogens with one attached hydrogen (secondary N) is 1. The lowest BCUT2D eigenvalue weighted by Gasteiger charge is -2.45. The first-order valence-electron chi connectivity index (χ1n) is 9.23. The van der Waals surface area contributed by atoms with Crippen molar-refractivity contribution in [2.24, 2.45) is 0 Å². The Morgan fingerprint density at radius 3 is 2.52 bits per heavy atom. The Morgan fingerprint density at radius 1 is 1.22 bits per heavy atom. The van der Waals surface area contributed by atoms with E-state index in [4.69, 9.17) is 0 Å². The van der Waals surface area contributed by atoms with Gasteiger partial charge in [0.05, 0.1) is 11.3 Å². The van der Waals surface area contributed by atoms with E-state index < -0.39 is 11.5 Å². The van der Waals surface area contributed by atoms with Crippen molar-refractivity contribution in [1.29, 1.82) is 0 Å². The quantitative estimate of drug-likeness (QED) is 0.851. The summed E-state index contributed by atoms with van der Waals surface area (Å²) in [7, 11) is 0. The van der Waals surface area contributed by atoms with Crippen molar-refractivity contribution in [3.8, 4) is 5.95 Å². The predicted molar refractivity (Wildman–Crippen MR) is 97.6 cm³/mol. The molecule has 2 aliphatic rings. The third-order valence-corrected chi connectivity index (χ3v) is 5.08. The molecule has 2 N–H and O–H groups in total. The topological polar surface area (TPSA) is 79.1 Å². The van der Waals surface area contributed by atoms with Gasteiger partial charge in [-0.05, 0) is 32.8 Å². The maximum absolute atomic E-state index is 13.4. The van der Waals surface area contributed by atoms with Crippen molar-refractivity contribution in [1.82, 2.24) is 19.7 Å². The summed E-state index contributed by atoms with van der Waals surface area (Å²) >= 11 is 0. The van der Waals surface area contributed by atoms with Gasteiger partial charge in [0.2, 0.25) is 5.92 Å². The number of aromatic nitrogens is 4. The summed E-state index contributed by atoms with van der Waals surface area (Å²) in [5, 5.41) is 17.7. The Balaban J connectivity index is 1.58. The third-order valence-electron chi connectivity index (χ3n) is 5.08. The van der Waals surface area contributed by atoms with Gasteiger partial charge >= 0.3 is 0 Å². The second kappa shape index (κ2) is 6.40. The highest BCUT2D eigenvalue weighted by atomic mass is 19.3. The number of aliphatic hydroxyl groups is 1. The zero-order valence-electron chi connectivity index (χ0n) is 15.5. The van der Waals surface area contributed by atoms with Crippen molar-refractivity contribution >= 4 is 11.6 Å². The molecule has 0 unspecified atom stereocenters. The number of anilines is 2. The highest BCUT2D eigenvalue weighted by Gasteiger charge is 2.38. The van der Waals surface area contributed by atoms with Crippen molar-refractivity contribution < 1.29 is 13.9 Å². The largest absolute Gasteiger partial charge is 0.386 e. The summed E-state index contributed by atoms with van der Waals surface area (Å²) in [6.45, 7) is 4.63. The van der Waals surface area contributed by atoms with Gasteiger partial charge in [-0.1, -0.05) is 0 Å². The lowest BCUT2D eigenvalue weighted by molar-refractivity contribution is -0.0361. The molecular formula is C18H24F2N6O. The standard InChI is InChI=1S/C18H24F2N6O/c1-12-5-8-26(24-12)16-22-14(21-13-3-6-18(19,20)7-4-13)9-15(23-16)25-10-17(2,27)11-25/h5,8-9,13,27H,3-4,6-7,10-11H2,1-2H3,(H,21,22,23). The van der Waals surface area contributed by atoms with E-state index >= 15 is 0 Å². The summed E-state index contributed by atoms with van der Waals surface area (Å²) < 4.78 is 28.4. The lowest BCUT2D eigenvalue weighted by Crippen LogP contribution is -2.60. The van der Waals surface area contributed by atoms with Crippen LogP contribution in [0, 0.1) is 6.92 Å². The molecule has 0 spiro atoms. The van der Waals surface area contributed by atoms with Gasteiger partial charge < -0.3 is 15.3 Å². The number of β-amino-alcohol motifs (C(OH)–C–C–N with tert-alkyl or cyclic N) is 1. The molecule has 4 rings (SSSR count). The van der Waals surface area contributed by atoms with E-state index in [1.165, 1.54) is 0 Å². The van der Waals surface area contributed by atoms with Gasteiger partial charge in [0.15, 0.2) is 0 Å². The Labute approximate surface area is 156 Å². The van der Waals surface area contributed by atoms with Crippen molar-refractivity contribution in [3.05, 3.63) is 24.0 Å². The van der Waals surface area contributed by atoms with Crippen LogP contribution in [0.4, 0.5) is 20.4 Å². The van der Waals surface area contributed by atoms with Crippen LogP contribution >= 0.6 is 0 Å². The second-order valence-electron chi connectivity index (χ2n) is 7.94. The zero-order chi connectivity index (χ0) is 19.2. The van der Waals surface area contributed by atoms with Crippen LogP contribution in [0.15, 0.2) is 18.3 Å². The highest BCUT2D eigenvalue weighted by molar-refractivity contribution is 5.54. The Morgan fingerprint density at radius 2 is 1.93 bits per heavy atom. The molecule has 146 valence electrons. The van der Waals surface area contributed by atoms with Crippen LogP contribution in [0.1, 0.15) is 38.3 Å². The van der Waals surface area contributed by atoms with Crippen molar-refractivity contribution in [3.63, 3.8) is 0 Å². The summed E-state index contributed by atoms with van der Waals surface area (Å²) in [6, 6.07) is 3.63. The maximum atomic E-state index is 13.4. The van der Waals surface area contributed by atoms with Gasteiger partial charge in [0, 0.05) is 44.2 Å². The average molecular weight is 378 g/mol. The smallest absolute Gasteiger partial charge is 0.254 e. The number of nitrogens with zero attached hydrogens (tertiary/aromatic N) is 5. The van der Waals surface area contributed by atoms with Crippen LogP contribution in [0.2, 0.25) is 0 Å². The summed E-state index contributed by atoms with van der Waals surface area (Å²) in [5.41, 5.74) is 0.121. The molecule has 0 bridgehead atoms. The molecule has 2 aromatic rings. The van der Waals surface area contributed by atoms with E-state index in [1.807, 2.05) is 24.0 Å². The van der Waals surface area contributed by atoms with Gasteiger partial charge in [-0.25, -0.2) is 13.5 Å². The minimum absolute atomic E-state index is 0.0425. The normalized spacial score (nSPS) is 21.7. The molecule has 2 aromatic heterocycles. The molecule has 2 fully saturated rings. The van der Waals surface area contributed by atoms with E-state index in [-0.39, 0.29) is 18.9 Å². The molecule has 0 atom stereocenters. The third kappa shape index (κ3) is 4.02. The van der Waals surface area contributed by atoms with Crippen LogP contribution in [-0.4, -0.2) is 55.5 Å². The fourth-order valence-corrected chi connectivity index (χ4v) is 3.62. The second-order valence-corrected chi connectivity index (χ2v) is 7.94. The fourth-order valence-electron chi connectivity index (χ4n) is 3.62. The van der Waals surface area contributed by atoms with Crippen molar-refractivity contribution in [2.45, 2.75) is 57.1 Å². The number of rotatable bonds is 4. The van der Waals surface area contributed by atoms with E-state index in [9.17, 15) is 13.9 Å². The maximum Gasteiger partial charge on any atom is 0.254 e. The summed E-state index contributed by atoms with van der Waals surface area (Å²) in [4.78, 5) is 11.1. The average Bonchev–Trinajstić information content (AvgIpc) is 3.01. The van der Waals surface area contributed by atoms with E-state index in [0.29, 0.717) is 43.5 Å². The molecule has 0 aromatic carbocycles. The Bertz CT molecular complexity index is 819. The molecule has 1 aliphatic carbocycles. The summed E-state index contributed by atoms with van der Waals surface area (Å²) in [6.07, 6.45) is 2.37. The van der Waals surface area contributed by atoms with Gasteiger partial charge in [0.25, 0.3) is 5.95 Å². The van der Waals surface area contributed by atoms with E-state index in [2.05, 4.69) is 20.4 Å². The van der Waals surface area contributed by atoms with Crippen LogP contribution in [0.3, 0.4) is 0 Å². The van der Waals surface area contributed by atoms with Gasteiger partial charge in [0.1, 0.15) is 11.6 Å². The van der Waals surface area contributed by atoms with Crippen LogP contribution in [-0.2, 0) is 0 Å². The first-order chi connectivity index (χ1) is 12.7. The molecule has 0 radical (unpaired) electrons. The first-order valence-corrected chi connectivity index (χ1v) is 9.23. The zero-order valence-corrected chi connectivity index (χ0v) is 15.5. The minimum atomic E-state index is -2.56. The molecule has 7 nitrogen and oxygen atoms in total. The van der Waals surface area contributed by atoms with E-state index in [1.54, 1.807) is 17.8 Å². The first kappa shape index (κ1) is 18.1. The fraction of sp³-hybridized carbons (Fsp3) is 0.611. The number of aryl methyl sites for hydroxylation is 1. The minimum Gasteiger partial charge on any atom is -0.386 e. The van der Waals surface area contributed by atoms with Gasteiger partial charge in [-0.2, -0.15) is 15.1 Å². The Kier molecular flexibility index (Phi) is 4.29. The molecule has 3 heterocycles. The number of alkyl halides is 2. The summed E-state index contributed by atoms with van der Waals surface area (Å²) in [5.74, 6) is -0.875. The molecule has 0 amide bonds. The van der Waals surface area contributed by atoms with E-state index in [0.717, 1.165) is 5.69 Å². The molecule has 1 saturated heterocycles. The van der Waals surface area contributed by atoms with Crippen molar-refractivity contribution in [2.75, 3.05) is 23.3 Å². The van der Waals surface area contributed by atoms with Crippen LogP contribution < -0.4 is 10.2 Å². The highest BCUT2D eigenvalue weighted by Crippen LogP contribution is 2.34. The van der Waals surface area contributed by atoms with Gasteiger partial charge in [-0.3, -0.25) is 0 Å². The SMILES string of the molecule is Cc1ccn(-c2nc(NC3CCC(F)(F)CC3)cc(N3CC(C)(O)C3)n2)n1. The lowest BCUT2D eigenvalue weighted by atomic mass is 9.92. The number of hydrogen-bond acceptors (Lipinski definition) is 6. The predicted octanol–water partition coefficient (Wildman–Crippen LogP) is 2.53. The molecule has 1 saturated carbocycles. The van der Waals surface area contributed by atoms with Gasteiger partial charge in [-0.15, -0.1) is 0 Å². The number of halogens is 2. The molecular weight excluding hydrogens is 354 g/mol. The molecule has 27 heavy (non-hydrogen) atoms. The number of hydrogen-bond donors (Lipinski definition) is 2. The molecule has 1 aliphatic heterocycles. The van der Waals surface area contributed by atoms with Crippen LogP contribution in [0.25, 0.3) is 5.95 Å². The van der Waals surface area contributed by atoms with Crippen LogP contribution in [0.5, 0.6) is 0 Å². The molecule has 9 heteroatoms.